The molecule has 0 saturated carbocycles. The highest BCUT2D eigenvalue weighted by atomic mass is 19.4. The maximum atomic E-state index is 13.4. The molecule has 3 rings (SSSR count). The SMILES string of the molecule is CCCCC[C@@H](C)NC(=O)c1cncn1-c1cccc(-c2ccccc2C(F)(F)F)c1. The van der Waals surface area contributed by atoms with Crippen LogP contribution in [-0.4, -0.2) is 21.5 Å². The average molecular weight is 429 g/mol. The van der Waals surface area contributed by atoms with E-state index in [1.54, 1.807) is 34.9 Å². The van der Waals surface area contributed by atoms with Gasteiger partial charge in [-0.05, 0) is 42.7 Å². The zero-order valence-electron chi connectivity index (χ0n) is 17.6. The Morgan fingerprint density at radius 1 is 1.13 bits per heavy atom. The third kappa shape index (κ3) is 5.54. The summed E-state index contributed by atoms with van der Waals surface area (Å²) in [6.07, 6.45) is 2.65. The van der Waals surface area contributed by atoms with Crippen molar-refractivity contribution in [3.8, 4) is 16.8 Å². The Morgan fingerprint density at radius 2 is 1.90 bits per heavy atom. The average Bonchev–Trinajstić information content (AvgIpc) is 3.24. The van der Waals surface area contributed by atoms with Gasteiger partial charge in [0.25, 0.3) is 5.91 Å². The van der Waals surface area contributed by atoms with Crippen LogP contribution in [0.2, 0.25) is 0 Å². The molecule has 4 nitrogen and oxygen atoms in total. The molecule has 0 aliphatic heterocycles. The fraction of sp³-hybridized carbons (Fsp3) is 0.333. The minimum Gasteiger partial charge on any atom is -0.348 e. The molecule has 0 fully saturated rings. The van der Waals surface area contributed by atoms with Gasteiger partial charge < -0.3 is 5.32 Å². The first-order valence-corrected chi connectivity index (χ1v) is 10.4. The van der Waals surface area contributed by atoms with Crippen LogP contribution >= 0.6 is 0 Å². The van der Waals surface area contributed by atoms with Gasteiger partial charge >= 0.3 is 6.18 Å². The fourth-order valence-corrected chi connectivity index (χ4v) is 3.54. The molecule has 31 heavy (non-hydrogen) atoms. The van der Waals surface area contributed by atoms with Gasteiger partial charge in [-0.15, -0.1) is 0 Å². The summed E-state index contributed by atoms with van der Waals surface area (Å²) in [6, 6.07) is 12.2. The van der Waals surface area contributed by atoms with Gasteiger partial charge in [-0.2, -0.15) is 13.2 Å². The maximum absolute atomic E-state index is 13.4. The maximum Gasteiger partial charge on any atom is 0.417 e. The molecule has 1 N–H and O–H groups in total. The molecule has 1 amide bonds. The van der Waals surface area contributed by atoms with Crippen LogP contribution in [0.3, 0.4) is 0 Å². The van der Waals surface area contributed by atoms with Gasteiger partial charge in [-0.1, -0.05) is 56.5 Å². The molecule has 1 aromatic heterocycles. The smallest absolute Gasteiger partial charge is 0.348 e. The number of nitrogens with zero attached hydrogens (tertiary/aromatic N) is 2. The number of rotatable bonds is 8. The highest BCUT2D eigenvalue weighted by Crippen LogP contribution is 2.37. The predicted molar refractivity (Wildman–Crippen MR) is 115 cm³/mol. The van der Waals surface area contributed by atoms with Gasteiger partial charge in [0.15, 0.2) is 0 Å². The second-order valence-corrected chi connectivity index (χ2v) is 7.61. The van der Waals surface area contributed by atoms with E-state index in [0.29, 0.717) is 16.9 Å². The van der Waals surface area contributed by atoms with E-state index in [1.807, 2.05) is 6.92 Å². The summed E-state index contributed by atoms with van der Waals surface area (Å²) < 4.78 is 41.9. The number of carbonyl (C=O) groups is 1. The second-order valence-electron chi connectivity index (χ2n) is 7.61. The van der Waals surface area contributed by atoms with Crippen molar-refractivity contribution in [2.24, 2.45) is 0 Å². The zero-order valence-corrected chi connectivity index (χ0v) is 17.6. The summed E-state index contributed by atoms with van der Waals surface area (Å²) >= 11 is 0. The lowest BCUT2D eigenvalue weighted by Gasteiger charge is -2.16. The summed E-state index contributed by atoms with van der Waals surface area (Å²) in [6.45, 7) is 4.09. The lowest BCUT2D eigenvalue weighted by molar-refractivity contribution is -0.137. The predicted octanol–water partition coefficient (Wildman–Crippen LogP) is 6.26. The van der Waals surface area contributed by atoms with E-state index < -0.39 is 11.7 Å². The highest BCUT2D eigenvalue weighted by molar-refractivity contribution is 5.93. The third-order valence-electron chi connectivity index (χ3n) is 5.16. The first-order valence-electron chi connectivity index (χ1n) is 10.4. The fourth-order valence-electron chi connectivity index (χ4n) is 3.54. The lowest BCUT2D eigenvalue weighted by atomic mass is 9.99. The quantitative estimate of drug-likeness (QED) is 0.430. The molecule has 0 spiro atoms. The Bertz CT molecular complexity index is 1030. The summed E-state index contributed by atoms with van der Waals surface area (Å²) in [5.74, 6) is -0.261. The van der Waals surface area contributed by atoms with Crippen molar-refractivity contribution in [1.82, 2.24) is 14.9 Å². The summed E-state index contributed by atoms with van der Waals surface area (Å²) in [5, 5.41) is 2.98. The number of alkyl halides is 3. The van der Waals surface area contributed by atoms with Gasteiger partial charge in [0.2, 0.25) is 0 Å². The minimum absolute atomic E-state index is 0.0207. The van der Waals surface area contributed by atoms with Crippen molar-refractivity contribution in [3.63, 3.8) is 0 Å². The van der Waals surface area contributed by atoms with E-state index >= 15 is 0 Å². The number of unbranched alkanes of at least 4 members (excludes halogenated alkanes) is 2. The number of carbonyl (C=O) groups excluding carboxylic acids is 1. The van der Waals surface area contributed by atoms with Gasteiger partial charge in [0.05, 0.1) is 18.1 Å². The number of aromatic nitrogens is 2. The molecular formula is C24H26F3N3O. The molecule has 0 aliphatic rings. The van der Waals surface area contributed by atoms with Crippen LogP contribution < -0.4 is 5.32 Å². The Morgan fingerprint density at radius 3 is 2.65 bits per heavy atom. The Hall–Kier alpha value is -3.09. The first kappa shape index (κ1) is 22.6. The number of hydrogen-bond acceptors (Lipinski definition) is 2. The zero-order chi connectivity index (χ0) is 22.4. The van der Waals surface area contributed by atoms with Gasteiger partial charge in [-0.25, -0.2) is 4.98 Å². The van der Waals surface area contributed by atoms with Crippen LogP contribution in [-0.2, 0) is 6.18 Å². The summed E-state index contributed by atoms with van der Waals surface area (Å²) in [5.41, 5.74) is 0.710. The largest absolute Gasteiger partial charge is 0.417 e. The topological polar surface area (TPSA) is 46.9 Å². The monoisotopic (exact) mass is 429 g/mol. The van der Waals surface area contributed by atoms with Crippen LogP contribution in [0.1, 0.15) is 55.6 Å². The van der Waals surface area contributed by atoms with E-state index in [4.69, 9.17) is 0 Å². The van der Waals surface area contributed by atoms with Crippen molar-refractivity contribution >= 4 is 5.91 Å². The molecule has 0 bridgehead atoms. The lowest BCUT2D eigenvalue weighted by Crippen LogP contribution is -2.33. The third-order valence-corrected chi connectivity index (χ3v) is 5.16. The highest BCUT2D eigenvalue weighted by Gasteiger charge is 2.33. The van der Waals surface area contributed by atoms with Crippen LogP contribution in [0.15, 0.2) is 61.1 Å². The number of halogens is 3. The van der Waals surface area contributed by atoms with E-state index in [2.05, 4.69) is 17.2 Å². The summed E-state index contributed by atoms with van der Waals surface area (Å²) in [4.78, 5) is 16.8. The Balaban J connectivity index is 1.87. The molecular weight excluding hydrogens is 403 g/mol. The van der Waals surface area contributed by atoms with E-state index in [1.165, 1.54) is 24.7 Å². The Kier molecular flexibility index (Phi) is 7.15. The van der Waals surface area contributed by atoms with E-state index in [-0.39, 0.29) is 17.5 Å². The van der Waals surface area contributed by atoms with Crippen molar-refractivity contribution in [1.29, 1.82) is 0 Å². The van der Waals surface area contributed by atoms with Crippen LogP contribution in [0.25, 0.3) is 16.8 Å². The molecule has 1 heterocycles. The van der Waals surface area contributed by atoms with Crippen molar-refractivity contribution in [3.05, 3.63) is 72.3 Å². The first-order chi connectivity index (χ1) is 14.8. The number of benzene rings is 2. The number of imidazole rings is 1. The molecule has 0 unspecified atom stereocenters. The molecule has 0 radical (unpaired) electrons. The number of hydrogen-bond donors (Lipinski definition) is 1. The minimum atomic E-state index is -4.46. The van der Waals surface area contributed by atoms with Crippen molar-refractivity contribution in [2.45, 2.75) is 51.7 Å². The van der Waals surface area contributed by atoms with Crippen LogP contribution in [0.4, 0.5) is 13.2 Å². The Labute approximate surface area is 180 Å². The van der Waals surface area contributed by atoms with Crippen LogP contribution in [0, 0.1) is 0 Å². The van der Waals surface area contributed by atoms with Crippen molar-refractivity contribution < 1.29 is 18.0 Å². The molecule has 3 aromatic rings. The molecule has 7 heteroatoms. The number of amides is 1. The van der Waals surface area contributed by atoms with Crippen LogP contribution in [0.5, 0.6) is 0 Å². The molecule has 0 saturated heterocycles. The van der Waals surface area contributed by atoms with E-state index in [9.17, 15) is 18.0 Å². The molecule has 0 aliphatic carbocycles. The standard InChI is InChI=1S/C24H26F3N3O/c1-3-4-5-9-17(2)29-23(31)22-15-28-16-30(22)19-11-8-10-18(14-19)20-12-6-7-13-21(20)24(25,26)27/h6-8,10-17H,3-5,9H2,1-2H3,(H,29,31)/t17-/m1/s1. The normalized spacial score (nSPS) is 12.5. The van der Waals surface area contributed by atoms with Crippen molar-refractivity contribution in [2.75, 3.05) is 0 Å². The molecule has 164 valence electrons. The molecule has 2 aromatic carbocycles. The second kappa shape index (κ2) is 9.81. The summed E-state index contributed by atoms with van der Waals surface area (Å²) in [7, 11) is 0. The molecule has 1 atom stereocenters. The van der Waals surface area contributed by atoms with Gasteiger partial charge in [-0.3, -0.25) is 9.36 Å². The van der Waals surface area contributed by atoms with Gasteiger partial charge in [0.1, 0.15) is 5.69 Å². The van der Waals surface area contributed by atoms with E-state index in [0.717, 1.165) is 31.7 Å². The van der Waals surface area contributed by atoms with Gasteiger partial charge in [0, 0.05) is 11.7 Å². The number of nitrogens with one attached hydrogen (secondary N) is 1.